The van der Waals surface area contributed by atoms with E-state index in [1.807, 2.05) is 28.9 Å². The van der Waals surface area contributed by atoms with Gasteiger partial charge in [-0.2, -0.15) is 16.7 Å². The van der Waals surface area contributed by atoms with Gasteiger partial charge in [0.2, 0.25) is 11.7 Å². The largest absolute Gasteiger partial charge is 0.339 e. The Balaban J connectivity index is 1.89. The third-order valence-corrected chi connectivity index (χ3v) is 3.97. The number of imidazole rings is 1. The van der Waals surface area contributed by atoms with Gasteiger partial charge in [-0.15, -0.1) is 0 Å². The summed E-state index contributed by atoms with van der Waals surface area (Å²) in [4.78, 5) is 8.52. The minimum absolute atomic E-state index is 0.476. The molecule has 0 aliphatic rings. The van der Waals surface area contributed by atoms with Gasteiger partial charge in [0.1, 0.15) is 0 Å². The van der Waals surface area contributed by atoms with Crippen molar-refractivity contribution in [2.45, 2.75) is 18.6 Å². The van der Waals surface area contributed by atoms with Crippen LogP contribution in [0.2, 0.25) is 0 Å². The molecule has 0 bridgehead atoms. The molecular weight excluding hydrogens is 260 g/mol. The van der Waals surface area contributed by atoms with Crippen molar-refractivity contribution in [1.82, 2.24) is 19.5 Å². The molecule has 3 aromatic heterocycles. The summed E-state index contributed by atoms with van der Waals surface area (Å²) in [7, 11) is 0. The Labute approximate surface area is 115 Å². The molecule has 0 spiro atoms. The number of hydrogen-bond donors (Lipinski definition) is 0. The highest BCUT2D eigenvalue weighted by Gasteiger charge is 2.11. The summed E-state index contributed by atoms with van der Waals surface area (Å²) in [5.41, 5.74) is 1.97. The van der Waals surface area contributed by atoms with E-state index in [0.717, 1.165) is 17.5 Å². The van der Waals surface area contributed by atoms with Gasteiger partial charge in [0, 0.05) is 23.4 Å². The zero-order chi connectivity index (χ0) is 13.2. The predicted molar refractivity (Wildman–Crippen MR) is 75.2 cm³/mol. The highest BCUT2D eigenvalue weighted by atomic mass is 32.2. The van der Waals surface area contributed by atoms with Crippen molar-refractivity contribution in [2.75, 3.05) is 6.26 Å². The lowest BCUT2D eigenvalue weighted by Gasteiger charge is -2.01. The summed E-state index contributed by atoms with van der Waals surface area (Å²) in [6, 6.07) is 3.96. The first kappa shape index (κ1) is 12.2. The van der Waals surface area contributed by atoms with Crippen molar-refractivity contribution >= 4 is 17.3 Å². The Morgan fingerprint density at radius 1 is 1.42 bits per heavy atom. The molecule has 0 saturated carbocycles. The molecule has 0 N–H and O–H groups in total. The Morgan fingerprint density at radius 2 is 2.32 bits per heavy atom. The maximum absolute atomic E-state index is 5.29. The topological polar surface area (TPSA) is 56.2 Å². The van der Waals surface area contributed by atoms with E-state index in [2.05, 4.69) is 28.3 Å². The van der Waals surface area contributed by atoms with Crippen LogP contribution in [0.5, 0.6) is 0 Å². The first-order chi connectivity index (χ1) is 9.26. The second kappa shape index (κ2) is 5.05. The zero-order valence-electron chi connectivity index (χ0n) is 10.8. The Hall–Kier alpha value is -1.82. The van der Waals surface area contributed by atoms with Gasteiger partial charge in [-0.25, -0.2) is 4.98 Å². The third-order valence-electron chi connectivity index (χ3n) is 3.00. The van der Waals surface area contributed by atoms with Crippen LogP contribution in [0.25, 0.3) is 16.9 Å². The fourth-order valence-corrected chi connectivity index (χ4v) is 2.15. The SMILES string of the molecule is CSC(C)Cc1nc(-c2ccc3cncn3c2)no1. The Bertz CT molecular complexity index is 691. The molecular formula is C13H14N4OS. The van der Waals surface area contributed by atoms with E-state index >= 15 is 0 Å². The van der Waals surface area contributed by atoms with Gasteiger partial charge < -0.3 is 8.92 Å². The molecule has 0 fully saturated rings. The van der Waals surface area contributed by atoms with Crippen molar-refractivity contribution in [2.24, 2.45) is 0 Å². The van der Waals surface area contributed by atoms with E-state index in [4.69, 9.17) is 4.52 Å². The van der Waals surface area contributed by atoms with Crippen molar-refractivity contribution in [1.29, 1.82) is 0 Å². The molecule has 98 valence electrons. The molecule has 0 radical (unpaired) electrons. The molecule has 0 aliphatic heterocycles. The van der Waals surface area contributed by atoms with Crippen molar-refractivity contribution in [3.8, 4) is 11.4 Å². The first-order valence-electron chi connectivity index (χ1n) is 6.04. The van der Waals surface area contributed by atoms with E-state index in [1.165, 1.54) is 0 Å². The van der Waals surface area contributed by atoms with E-state index < -0.39 is 0 Å². The highest BCUT2D eigenvalue weighted by Crippen LogP contribution is 2.19. The van der Waals surface area contributed by atoms with E-state index in [1.54, 1.807) is 18.1 Å². The predicted octanol–water partition coefficient (Wildman–Crippen LogP) is 2.68. The smallest absolute Gasteiger partial charge is 0.228 e. The number of thioether (sulfide) groups is 1. The lowest BCUT2D eigenvalue weighted by Crippen LogP contribution is -2.00. The number of pyridine rings is 1. The molecule has 0 aliphatic carbocycles. The molecule has 5 nitrogen and oxygen atoms in total. The summed E-state index contributed by atoms with van der Waals surface area (Å²) < 4.78 is 7.23. The highest BCUT2D eigenvalue weighted by molar-refractivity contribution is 7.99. The number of hydrogen-bond acceptors (Lipinski definition) is 5. The maximum Gasteiger partial charge on any atom is 0.228 e. The van der Waals surface area contributed by atoms with Gasteiger partial charge in [-0.1, -0.05) is 12.1 Å². The fourth-order valence-electron chi connectivity index (χ4n) is 1.84. The van der Waals surface area contributed by atoms with Gasteiger partial charge in [-0.05, 0) is 18.4 Å². The van der Waals surface area contributed by atoms with Crippen molar-refractivity contribution < 1.29 is 4.52 Å². The number of fused-ring (bicyclic) bond motifs is 1. The molecule has 0 amide bonds. The van der Waals surface area contributed by atoms with E-state index in [9.17, 15) is 0 Å². The van der Waals surface area contributed by atoms with Gasteiger partial charge in [0.15, 0.2) is 0 Å². The van der Waals surface area contributed by atoms with Gasteiger partial charge >= 0.3 is 0 Å². The van der Waals surface area contributed by atoms with Crippen LogP contribution in [-0.4, -0.2) is 31.0 Å². The fraction of sp³-hybridized carbons (Fsp3) is 0.308. The molecule has 3 rings (SSSR count). The summed E-state index contributed by atoms with van der Waals surface area (Å²) in [5.74, 6) is 1.31. The van der Waals surface area contributed by atoms with Crippen molar-refractivity contribution in [3.05, 3.63) is 36.7 Å². The van der Waals surface area contributed by atoms with Crippen LogP contribution in [0.3, 0.4) is 0 Å². The third kappa shape index (κ3) is 2.49. The van der Waals surface area contributed by atoms with Crippen LogP contribution in [0.15, 0.2) is 35.4 Å². The summed E-state index contributed by atoms with van der Waals surface area (Å²) in [6.45, 7) is 2.14. The van der Waals surface area contributed by atoms with Crippen LogP contribution in [0, 0.1) is 0 Å². The van der Waals surface area contributed by atoms with Gasteiger partial charge in [0.05, 0.1) is 18.0 Å². The van der Waals surface area contributed by atoms with E-state index in [-0.39, 0.29) is 0 Å². The summed E-state index contributed by atoms with van der Waals surface area (Å²) >= 11 is 1.79. The second-order valence-electron chi connectivity index (χ2n) is 4.41. The molecule has 0 aromatic carbocycles. The van der Waals surface area contributed by atoms with Crippen LogP contribution >= 0.6 is 11.8 Å². The minimum atomic E-state index is 0.476. The normalized spacial score (nSPS) is 12.9. The zero-order valence-corrected chi connectivity index (χ0v) is 11.6. The molecule has 1 unspecified atom stereocenters. The first-order valence-corrected chi connectivity index (χ1v) is 7.32. The summed E-state index contributed by atoms with van der Waals surface area (Å²) in [6.07, 6.45) is 8.40. The van der Waals surface area contributed by atoms with Crippen molar-refractivity contribution in [3.63, 3.8) is 0 Å². The number of aromatic nitrogens is 4. The second-order valence-corrected chi connectivity index (χ2v) is 5.68. The van der Waals surface area contributed by atoms with Gasteiger partial charge in [0.25, 0.3) is 0 Å². The average molecular weight is 274 g/mol. The van der Waals surface area contributed by atoms with Crippen LogP contribution < -0.4 is 0 Å². The summed E-state index contributed by atoms with van der Waals surface area (Å²) in [5, 5.41) is 4.51. The molecule has 1 atom stereocenters. The quantitative estimate of drug-likeness (QED) is 0.732. The lowest BCUT2D eigenvalue weighted by atomic mass is 10.2. The molecule has 0 saturated heterocycles. The van der Waals surface area contributed by atoms with Crippen LogP contribution in [0.1, 0.15) is 12.8 Å². The molecule has 19 heavy (non-hydrogen) atoms. The van der Waals surface area contributed by atoms with Gasteiger partial charge in [-0.3, -0.25) is 0 Å². The monoisotopic (exact) mass is 274 g/mol. The number of rotatable bonds is 4. The molecule has 3 aromatic rings. The Kier molecular flexibility index (Phi) is 3.25. The minimum Gasteiger partial charge on any atom is -0.339 e. The molecule has 3 heterocycles. The number of nitrogens with zero attached hydrogens (tertiary/aromatic N) is 4. The maximum atomic E-state index is 5.29. The van der Waals surface area contributed by atoms with E-state index in [0.29, 0.717) is 17.0 Å². The van der Waals surface area contributed by atoms with Crippen LogP contribution in [-0.2, 0) is 6.42 Å². The average Bonchev–Trinajstić information content (AvgIpc) is 3.05. The standard InChI is InChI=1S/C13H14N4OS/c1-9(19-2)5-12-15-13(16-18-12)10-3-4-11-6-14-8-17(11)7-10/h3-4,6-9H,5H2,1-2H3. The lowest BCUT2D eigenvalue weighted by molar-refractivity contribution is 0.379. The Morgan fingerprint density at radius 3 is 3.16 bits per heavy atom. The molecule has 6 heteroatoms. The van der Waals surface area contributed by atoms with Crippen LogP contribution in [0.4, 0.5) is 0 Å².